The summed E-state index contributed by atoms with van der Waals surface area (Å²) >= 11 is 9.59. The Morgan fingerprint density at radius 2 is 1.73 bits per heavy atom. The van der Waals surface area contributed by atoms with E-state index in [2.05, 4.69) is 31.8 Å². The maximum atomic E-state index is 12.8. The van der Waals surface area contributed by atoms with Crippen LogP contribution in [0.25, 0.3) is 0 Å². The van der Waals surface area contributed by atoms with Gasteiger partial charge in [0.1, 0.15) is 6.61 Å². The zero-order chi connectivity index (χ0) is 31.5. The number of nitrogens with one attached hydrogen (secondary N) is 2. The molecule has 0 radical (unpaired) electrons. The van der Waals surface area contributed by atoms with Crippen molar-refractivity contribution in [3.05, 3.63) is 111 Å². The van der Waals surface area contributed by atoms with Gasteiger partial charge in [0, 0.05) is 16.3 Å². The van der Waals surface area contributed by atoms with Crippen molar-refractivity contribution in [1.82, 2.24) is 5.43 Å². The van der Waals surface area contributed by atoms with Gasteiger partial charge >= 0.3 is 0 Å². The molecule has 4 rings (SSSR count). The highest BCUT2D eigenvalue weighted by atomic mass is 79.9. The van der Waals surface area contributed by atoms with Gasteiger partial charge in [-0.05, 0) is 88.9 Å². The Kier molecular flexibility index (Phi) is 11.6. The first kappa shape index (κ1) is 32.4. The first-order valence-electron chi connectivity index (χ1n) is 13.6. The summed E-state index contributed by atoms with van der Waals surface area (Å²) in [6, 6.07) is 23.4. The van der Waals surface area contributed by atoms with Crippen molar-refractivity contribution < 1.29 is 28.5 Å². The number of methoxy groups -OCH3 is 1. The average molecular weight is 681 g/mol. The fourth-order valence-electron chi connectivity index (χ4n) is 3.96. The monoisotopic (exact) mass is 679 g/mol. The van der Waals surface area contributed by atoms with Crippen LogP contribution >= 0.6 is 27.5 Å². The van der Waals surface area contributed by atoms with Gasteiger partial charge < -0.3 is 24.3 Å². The number of nitrogens with zero attached hydrogens (tertiary/aromatic N) is 1. The summed E-state index contributed by atoms with van der Waals surface area (Å²) < 4.78 is 23.3. The number of hydrogen-bond donors (Lipinski definition) is 2. The van der Waals surface area contributed by atoms with Gasteiger partial charge in [-0.25, -0.2) is 5.43 Å². The van der Waals surface area contributed by atoms with E-state index in [1.54, 1.807) is 42.5 Å². The standard InChI is InChI=1S/C33H31BrClN3O6/c1-4-42-29-16-24(11-13-28(29)43-19-22-8-6-5-7-9-22)33(40)38-36-18-23-14-26(34)32(30(15-23)41-3)44-20-31(39)37-25-12-10-21(2)27(35)17-25/h5-18H,4,19-20H2,1-3H3,(H,37,39)(H,38,40)/b36-18+. The Bertz CT molecular complexity index is 1650. The number of aryl methyl sites for hydroxylation is 1. The first-order chi connectivity index (χ1) is 21.3. The molecule has 44 heavy (non-hydrogen) atoms. The number of carbonyl (C=O) groups is 2. The molecule has 4 aromatic rings. The molecule has 0 aliphatic rings. The van der Waals surface area contributed by atoms with Crippen molar-refractivity contribution in [1.29, 1.82) is 0 Å². The lowest BCUT2D eigenvalue weighted by Gasteiger charge is -2.14. The molecular weight excluding hydrogens is 650 g/mol. The Balaban J connectivity index is 1.36. The number of halogens is 2. The number of hydrazone groups is 1. The Hall–Kier alpha value is -4.54. The summed E-state index contributed by atoms with van der Waals surface area (Å²) in [4.78, 5) is 25.3. The van der Waals surface area contributed by atoms with E-state index >= 15 is 0 Å². The SMILES string of the molecule is CCOc1cc(C(=O)N/N=C/c2cc(Br)c(OCC(=O)Nc3ccc(C)c(Cl)c3)c(OC)c2)ccc1OCc1ccccc1. The minimum Gasteiger partial charge on any atom is -0.493 e. The molecule has 11 heteroatoms. The van der Waals surface area contributed by atoms with Crippen LogP contribution in [0.15, 0.2) is 88.4 Å². The van der Waals surface area contributed by atoms with E-state index in [0.29, 0.717) is 62.5 Å². The summed E-state index contributed by atoms with van der Waals surface area (Å²) in [5.41, 5.74) is 5.98. The smallest absolute Gasteiger partial charge is 0.271 e. The van der Waals surface area contributed by atoms with Crippen molar-refractivity contribution in [3.8, 4) is 23.0 Å². The van der Waals surface area contributed by atoms with Crippen molar-refractivity contribution >= 4 is 51.2 Å². The maximum Gasteiger partial charge on any atom is 0.271 e. The van der Waals surface area contributed by atoms with Crippen LogP contribution in [-0.2, 0) is 11.4 Å². The molecule has 0 aliphatic carbocycles. The van der Waals surface area contributed by atoms with Crippen LogP contribution < -0.4 is 29.7 Å². The molecule has 0 spiro atoms. The molecule has 0 saturated carbocycles. The summed E-state index contributed by atoms with van der Waals surface area (Å²) in [7, 11) is 1.48. The number of anilines is 1. The lowest BCUT2D eigenvalue weighted by Crippen LogP contribution is -2.20. The molecule has 9 nitrogen and oxygen atoms in total. The molecule has 0 aliphatic heterocycles. The van der Waals surface area contributed by atoms with Gasteiger partial charge in [0.15, 0.2) is 29.6 Å². The number of benzene rings is 4. The second-order valence-corrected chi connectivity index (χ2v) is 10.7. The highest BCUT2D eigenvalue weighted by Gasteiger charge is 2.15. The largest absolute Gasteiger partial charge is 0.493 e. The lowest BCUT2D eigenvalue weighted by atomic mass is 10.2. The third-order valence-electron chi connectivity index (χ3n) is 6.18. The van der Waals surface area contributed by atoms with E-state index in [1.165, 1.54) is 13.3 Å². The molecule has 2 N–H and O–H groups in total. The number of rotatable bonds is 13. The summed E-state index contributed by atoms with van der Waals surface area (Å²) in [5.74, 6) is 0.904. The van der Waals surface area contributed by atoms with Crippen LogP contribution in [0.3, 0.4) is 0 Å². The summed E-state index contributed by atoms with van der Waals surface area (Å²) in [6.45, 7) is 4.26. The molecule has 0 saturated heterocycles. The number of carbonyl (C=O) groups excluding carboxylic acids is 2. The van der Waals surface area contributed by atoms with Gasteiger partial charge in [-0.3, -0.25) is 9.59 Å². The summed E-state index contributed by atoms with van der Waals surface area (Å²) in [5, 5.41) is 7.38. The van der Waals surface area contributed by atoms with E-state index in [-0.39, 0.29) is 12.5 Å². The number of ether oxygens (including phenoxy) is 4. The molecular formula is C33H31BrClN3O6. The fraction of sp³-hybridized carbons (Fsp3) is 0.182. The zero-order valence-corrected chi connectivity index (χ0v) is 26.7. The van der Waals surface area contributed by atoms with E-state index < -0.39 is 5.91 Å². The van der Waals surface area contributed by atoms with Gasteiger partial charge in [-0.15, -0.1) is 0 Å². The second-order valence-electron chi connectivity index (χ2n) is 9.40. The van der Waals surface area contributed by atoms with Crippen LogP contribution in [0, 0.1) is 6.92 Å². The van der Waals surface area contributed by atoms with Crippen molar-refractivity contribution in [2.24, 2.45) is 5.10 Å². The minimum atomic E-state index is -0.427. The molecule has 0 aromatic heterocycles. The number of amides is 2. The van der Waals surface area contributed by atoms with E-state index in [4.69, 9.17) is 30.5 Å². The second kappa shape index (κ2) is 15.8. The van der Waals surface area contributed by atoms with Crippen LogP contribution in [-0.4, -0.2) is 38.4 Å². The van der Waals surface area contributed by atoms with Gasteiger partial charge in [0.2, 0.25) is 0 Å². The molecule has 0 heterocycles. The minimum absolute atomic E-state index is 0.260. The van der Waals surface area contributed by atoms with Crippen LogP contribution in [0.4, 0.5) is 5.69 Å². The van der Waals surface area contributed by atoms with Crippen LogP contribution in [0.1, 0.15) is 34.0 Å². The Labute approximate surface area is 269 Å². The fourth-order valence-corrected chi connectivity index (χ4v) is 4.72. The molecule has 0 fully saturated rings. The van der Waals surface area contributed by atoms with Crippen LogP contribution in [0.2, 0.25) is 5.02 Å². The van der Waals surface area contributed by atoms with Gasteiger partial charge in [-0.1, -0.05) is 48.0 Å². The van der Waals surface area contributed by atoms with Crippen molar-refractivity contribution in [2.45, 2.75) is 20.5 Å². The lowest BCUT2D eigenvalue weighted by molar-refractivity contribution is -0.118. The van der Waals surface area contributed by atoms with Gasteiger partial charge in [-0.2, -0.15) is 5.10 Å². The Morgan fingerprint density at radius 3 is 2.45 bits per heavy atom. The molecule has 2 amide bonds. The molecule has 228 valence electrons. The predicted molar refractivity (Wildman–Crippen MR) is 174 cm³/mol. The molecule has 0 atom stereocenters. The third-order valence-corrected chi connectivity index (χ3v) is 7.17. The van der Waals surface area contributed by atoms with Crippen molar-refractivity contribution in [2.75, 3.05) is 25.6 Å². The normalized spacial score (nSPS) is 10.8. The first-order valence-corrected chi connectivity index (χ1v) is 14.8. The Morgan fingerprint density at radius 1 is 0.932 bits per heavy atom. The van der Waals surface area contributed by atoms with Crippen LogP contribution in [0.5, 0.6) is 23.0 Å². The third kappa shape index (κ3) is 8.98. The zero-order valence-electron chi connectivity index (χ0n) is 24.4. The van der Waals surface area contributed by atoms with Crippen molar-refractivity contribution in [3.63, 3.8) is 0 Å². The molecule has 0 unspecified atom stereocenters. The average Bonchev–Trinajstić information content (AvgIpc) is 3.02. The summed E-state index contributed by atoms with van der Waals surface area (Å²) in [6.07, 6.45) is 1.46. The topological polar surface area (TPSA) is 107 Å². The van der Waals surface area contributed by atoms with Gasteiger partial charge in [0.05, 0.1) is 24.4 Å². The van der Waals surface area contributed by atoms with E-state index in [0.717, 1.165) is 11.1 Å². The van der Waals surface area contributed by atoms with E-state index in [9.17, 15) is 9.59 Å². The maximum absolute atomic E-state index is 12.8. The highest BCUT2D eigenvalue weighted by Crippen LogP contribution is 2.36. The van der Waals surface area contributed by atoms with E-state index in [1.807, 2.05) is 50.2 Å². The molecule has 0 bridgehead atoms. The van der Waals surface area contributed by atoms with Gasteiger partial charge in [0.25, 0.3) is 11.8 Å². The molecule has 4 aromatic carbocycles. The number of hydrogen-bond acceptors (Lipinski definition) is 7. The predicted octanol–water partition coefficient (Wildman–Crippen LogP) is 7.18. The highest BCUT2D eigenvalue weighted by molar-refractivity contribution is 9.10. The quantitative estimate of drug-likeness (QED) is 0.115.